The Morgan fingerprint density at radius 2 is 1.81 bits per heavy atom. The average Bonchev–Trinajstić information content (AvgIpc) is 2.64. The summed E-state index contributed by atoms with van der Waals surface area (Å²) in [5, 5.41) is 8.26. The Kier molecular flexibility index (Phi) is 9.39. The molecule has 9 nitrogen and oxygen atoms in total. The molecule has 0 spiro atoms. The van der Waals surface area contributed by atoms with Gasteiger partial charge in [0.25, 0.3) is 0 Å². The second-order valence-corrected chi connectivity index (χ2v) is 6.47. The van der Waals surface area contributed by atoms with E-state index in [-0.39, 0.29) is 19.1 Å². The maximum atomic E-state index is 12.4. The van der Waals surface area contributed by atoms with Crippen molar-refractivity contribution in [2.45, 2.75) is 45.9 Å². The van der Waals surface area contributed by atoms with Gasteiger partial charge in [-0.3, -0.25) is 9.59 Å². The van der Waals surface area contributed by atoms with Crippen molar-refractivity contribution < 1.29 is 19.1 Å². The Labute approximate surface area is 158 Å². The zero-order valence-electron chi connectivity index (χ0n) is 15.7. The Balaban J connectivity index is 2.62. The minimum Gasteiger partial charge on any atom is -0.445 e. The molecule has 27 heavy (non-hydrogen) atoms. The molecule has 0 fully saturated rings. The molecule has 2 atom stereocenters. The number of ether oxygens (including phenoxy) is 1. The van der Waals surface area contributed by atoms with Crippen LogP contribution in [0.25, 0.3) is 10.4 Å². The molecule has 0 aliphatic carbocycles. The fourth-order valence-electron chi connectivity index (χ4n) is 2.24. The van der Waals surface area contributed by atoms with Crippen molar-refractivity contribution in [2.75, 3.05) is 6.54 Å². The van der Waals surface area contributed by atoms with E-state index in [0.717, 1.165) is 5.56 Å². The van der Waals surface area contributed by atoms with Crippen LogP contribution in [-0.2, 0) is 20.9 Å². The molecule has 1 rings (SSSR count). The van der Waals surface area contributed by atoms with Crippen LogP contribution in [0.5, 0.6) is 0 Å². The molecule has 0 aliphatic rings. The lowest BCUT2D eigenvalue weighted by Crippen LogP contribution is -2.51. The van der Waals surface area contributed by atoms with Crippen LogP contribution >= 0.6 is 0 Å². The molecule has 0 bridgehead atoms. The van der Waals surface area contributed by atoms with E-state index in [9.17, 15) is 14.4 Å². The van der Waals surface area contributed by atoms with E-state index in [2.05, 4.69) is 20.7 Å². The maximum absolute atomic E-state index is 12.4. The van der Waals surface area contributed by atoms with Gasteiger partial charge < -0.3 is 15.4 Å². The lowest BCUT2D eigenvalue weighted by atomic mass is 10.0. The van der Waals surface area contributed by atoms with E-state index in [1.54, 1.807) is 0 Å². The summed E-state index contributed by atoms with van der Waals surface area (Å²) in [5.74, 6) is -0.789. The molecule has 0 aliphatic heterocycles. The molecule has 0 saturated carbocycles. The second kappa shape index (κ2) is 11.5. The SMILES string of the molecule is CC(C)C[C@H](NC(=O)OCc1ccccc1)C(=O)NC(C)C(=O)CN=[N+]=[N-]. The largest absolute Gasteiger partial charge is 0.445 e. The number of hydrogen-bond donors (Lipinski definition) is 2. The summed E-state index contributed by atoms with van der Waals surface area (Å²) in [4.78, 5) is 38.8. The lowest BCUT2D eigenvalue weighted by molar-refractivity contribution is -0.128. The fraction of sp³-hybridized carbons (Fsp3) is 0.500. The number of carbonyl (C=O) groups is 3. The number of rotatable bonds is 10. The number of azide groups is 1. The molecular formula is C18H25N5O4. The van der Waals surface area contributed by atoms with Gasteiger partial charge in [-0.05, 0) is 30.4 Å². The number of amides is 2. The van der Waals surface area contributed by atoms with Crippen LogP contribution < -0.4 is 10.6 Å². The Morgan fingerprint density at radius 1 is 1.15 bits per heavy atom. The molecule has 146 valence electrons. The van der Waals surface area contributed by atoms with Gasteiger partial charge in [-0.25, -0.2) is 4.79 Å². The molecule has 0 saturated heterocycles. The van der Waals surface area contributed by atoms with Crippen molar-refractivity contribution in [1.29, 1.82) is 0 Å². The summed E-state index contributed by atoms with van der Waals surface area (Å²) in [6, 6.07) is 7.49. The molecule has 2 amide bonds. The van der Waals surface area contributed by atoms with Gasteiger partial charge in [0, 0.05) is 4.91 Å². The summed E-state index contributed by atoms with van der Waals surface area (Å²) in [6.07, 6.45) is -0.337. The first-order valence-electron chi connectivity index (χ1n) is 8.64. The fourth-order valence-corrected chi connectivity index (χ4v) is 2.24. The van der Waals surface area contributed by atoms with E-state index in [1.165, 1.54) is 6.92 Å². The second-order valence-electron chi connectivity index (χ2n) is 6.47. The van der Waals surface area contributed by atoms with Crippen LogP contribution in [0.3, 0.4) is 0 Å². The highest BCUT2D eigenvalue weighted by atomic mass is 16.5. The first-order chi connectivity index (χ1) is 12.8. The lowest BCUT2D eigenvalue weighted by Gasteiger charge is -2.22. The van der Waals surface area contributed by atoms with Crippen molar-refractivity contribution in [3.63, 3.8) is 0 Å². The standard InChI is InChI=1S/C18H25N5O4/c1-12(2)9-15(17(25)21-13(3)16(24)10-20-23-19)22-18(26)27-11-14-7-5-4-6-8-14/h4-8,12-13,15H,9-11H2,1-3H3,(H,21,25)(H,22,26)/t13?,15-/m0/s1. The smallest absolute Gasteiger partial charge is 0.408 e. The maximum Gasteiger partial charge on any atom is 0.408 e. The summed E-state index contributed by atoms with van der Waals surface area (Å²) < 4.78 is 5.14. The molecule has 9 heteroatoms. The van der Waals surface area contributed by atoms with Crippen molar-refractivity contribution in [3.05, 3.63) is 46.3 Å². The molecule has 0 heterocycles. The predicted octanol–water partition coefficient (Wildman–Crippen LogP) is 2.71. The highest BCUT2D eigenvalue weighted by molar-refractivity contribution is 5.92. The van der Waals surface area contributed by atoms with E-state index in [4.69, 9.17) is 10.3 Å². The Morgan fingerprint density at radius 3 is 2.41 bits per heavy atom. The van der Waals surface area contributed by atoms with Crippen LogP contribution in [0.2, 0.25) is 0 Å². The minimum atomic E-state index is -0.844. The summed E-state index contributed by atoms with van der Waals surface area (Å²) in [7, 11) is 0. The van der Waals surface area contributed by atoms with Gasteiger partial charge in [0.1, 0.15) is 12.6 Å². The predicted molar refractivity (Wildman–Crippen MR) is 99.6 cm³/mol. The number of ketones is 1. The van der Waals surface area contributed by atoms with Gasteiger partial charge in [-0.15, -0.1) is 0 Å². The zero-order chi connectivity index (χ0) is 20.2. The molecular weight excluding hydrogens is 350 g/mol. The molecule has 1 unspecified atom stereocenters. The highest BCUT2D eigenvalue weighted by Crippen LogP contribution is 2.07. The summed E-state index contributed by atoms with van der Waals surface area (Å²) >= 11 is 0. The van der Waals surface area contributed by atoms with Gasteiger partial charge in [0.2, 0.25) is 5.91 Å². The van der Waals surface area contributed by atoms with Crippen LogP contribution in [0.15, 0.2) is 35.4 Å². The van der Waals surface area contributed by atoms with Crippen LogP contribution in [0.1, 0.15) is 32.8 Å². The van der Waals surface area contributed by atoms with Crippen molar-refractivity contribution >= 4 is 17.8 Å². The van der Waals surface area contributed by atoms with Crippen molar-refractivity contribution in [3.8, 4) is 0 Å². The monoisotopic (exact) mass is 375 g/mol. The van der Waals surface area contributed by atoms with Gasteiger partial charge in [-0.1, -0.05) is 49.3 Å². The number of Topliss-reactive ketones (excluding diaryl/α,β-unsaturated/α-hetero) is 1. The third-order valence-electron chi connectivity index (χ3n) is 3.66. The first-order valence-corrected chi connectivity index (χ1v) is 8.64. The van der Waals surface area contributed by atoms with E-state index < -0.39 is 29.9 Å². The third kappa shape index (κ3) is 8.73. The van der Waals surface area contributed by atoms with Crippen LogP contribution in [0.4, 0.5) is 4.79 Å². The van der Waals surface area contributed by atoms with Gasteiger partial charge >= 0.3 is 6.09 Å². The zero-order valence-corrected chi connectivity index (χ0v) is 15.7. The topological polar surface area (TPSA) is 133 Å². The normalized spacial score (nSPS) is 12.4. The van der Waals surface area contributed by atoms with Gasteiger partial charge in [0.05, 0.1) is 12.6 Å². The molecule has 1 aromatic rings. The van der Waals surface area contributed by atoms with Gasteiger partial charge in [-0.2, -0.15) is 0 Å². The molecule has 0 aromatic heterocycles. The number of nitrogens with zero attached hydrogens (tertiary/aromatic N) is 3. The molecule has 1 aromatic carbocycles. The number of alkyl carbamates (subject to hydrolysis) is 1. The van der Waals surface area contributed by atoms with Crippen molar-refractivity contribution in [2.24, 2.45) is 11.0 Å². The minimum absolute atomic E-state index is 0.0870. The van der Waals surface area contributed by atoms with E-state index >= 15 is 0 Å². The number of carbonyl (C=O) groups excluding carboxylic acids is 3. The number of nitrogens with one attached hydrogen (secondary N) is 2. The van der Waals surface area contributed by atoms with E-state index in [1.807, 2.05) is 44.2 Å². The van der Waals surface area contributed by atoms with Crippen molar-refractivity contribution in [1.82, 2.24) is 10.6 Å². The molecule has 0 radical (unpaired) electrons. The number of hydrogen-bond acceptors (Lipinski definition) is 5. The molecule has 2 N–H and O–H groups in total. The Hall–Kier alpha value is -3.06. The number of benzene rings is 1. The quantitative estimate of drug-likeness (QED) is 0.369. The van der Waals surface area contributed by atoms with Gasteiger partial charge in [0.15, 0.2) is 5.78 Å². The highest BCUT2D eigenvalue weighted by Gasteiger charge is 2.25. The van der Waals surface area contributed by atoms with Crippen LogP contribution in [0, 0.1) is 5.92 Å². The summed E-state index contributed by atoms with van der Waals surface area (Å²) in [5.41, 5.74) is 9.08. The summed E-state index contributed by atoms with van der Waals surface area (Å²) in [6.45, 7) is 5.05. The Bertz CT molecular complexity index is 686. The van der Waals surface area contributed by atoms with E-state index in [0.29, 0.717) is 6.42 Å². The average molecular weight is 375 g/mol. The first kappa shape index (κ1) is 22.0. The third-order valence-corrected chi connectivity index (χ3v) is 3.66. The van der Waals surface area contributed by atoms with Crippen LogP contribution in [-0.4, -0.2) is 36.4 Å².